The predicted molar refractivity (Wildman–Crippen MR) is 97.2 cm³/mol. The van der Waals surface area contributed by atoms with E-state index in [-0.39, 0.29) is 6.03 Å². The van der Waals surface area contributed by atoms with Gasteiger partial charge in [0.1, 0.15) is 0 Å². The molecule has 6 nitrogen and oxygen atoms in total. The first-order valence-corrected chi connectivity index (χ1v) is 8.22. The smallest absolute Gasteiger partial charge is 0.319 e. The average Bonchev–Trinajstić information content (AvgIpc) is 3.11. The molecule has 3 aromatic rings. The Balaban J connectivity index is 1.70. The number of carbonyl (C=O) groups excluding carboxylic acids is 1. The zero-order valence-corrected chi connectivity index (χ0v) is 14.2. The Kier molecular flexibility index (Phi) is 5.09. The molecule has 0 atom stereocenters. The highest BCUT2D eigenvalue weighted by Crippen LogP contribution is 2.23. The van der Waals surface area contributed by atoms with Gasteiger partial charge in [0.05, 0.1) is 0 Å². The van der Waals surface area contributed by atoms with Gasteiger partial charge >= 0.3 is 6.03 Å². The topological polar surface area (TPSA) is 80.0 Å². The Morgan fingerprint density at radius 2 is 1.72 bits per heavy atom. The van der Waals surface area contributed by atoms with E-state index in [1.807, 2.05) is 62.4 Å². The number of carbonyl (C=O) groups is 1. The van der Waals surface area contributed by atoms with E-state index in [2.05, 4.69) is 20.8 Å². The van der Waals surface area contributed by atoms with Crippen molar-refractivity contribution in [3.05, 3.63) is 54.1 Å². The van der Waals surface area contributed by atoms with Crippen molar-refractivity contribution in [1.29, 1.82) is 0 Å². The molecule has 0 spiro atoms. The summed E-state index contributed by atoms with van der Waals surface area (Å²) in [5, 5.41) is 9.57. The van der Waals surface area contributed by atoms with Crippen molar-refractivity contribution in [2.45, 2.75) is 20.3 Å². The van der Waals surface area contributed by atoms with Crippen LogP contribution in [0.3, 0.4) is 0 Å². The molecule has 2 N–H and O–H groups in total. The molecule has 2 amide bonds. The molecule has 6 heteroatoms. The summed E-state index contributed by atoms with van der Waals surface area (Å²) in [5.74, 6) is 0.994. The van der Waals surface area contributed by atoms with Crippen LogP contribution in [0.25, 0.3) is 22.8 Å². The predicted octanol–water partition coefficient (Wildman–Crippen LogP) is 4.24. The molecule has 1 aromatic heterocycles. The maximum absolute atomic E-state index is 11.6. The third-order valence-electron chi connectivity index (χ3n) is 3.66. The number of rotatable bonds is 5. The standard InChI is InChI=1S/C19H20N4O2/c1-3-12-20-19(24)21-16-10-8-14(9-11-16)17-22-18(25-23-17)15-6-4-13(2)5-7-15/h4-11H,3,12H2,1-2H3,(H2,20,21,24). The van der Waals surface area contributed by atoms with Crippen LogP contribution in [0.15, 0.2) is 53.1 Å². The third-order valence-corrected chi connectivity index (χ3v) is 3.66. The van der Waals surface area contributed by atoms with Crippen LogP contribution in [-0.4, -0.2) is 22.7 Å². The van der Waals surface area contributed by atoms with E-state index in [0.29, 0.717) is 23.9 Å². The van der Waals surface area contributed by atoms with Crippen LogP contribution >= 0.6 is 0 Å². The van der Waals surface area contributed by atoms with Crippen molar-refractivity contribution < 1.29 is 9.32 Å². The molecule has 0 bridgehead atoms. The highest BCUT2D eigenvalue weighted by atomic mass is 16.5. The number of benzene rings is 2. The zero-order valence-electron chi connectivity index (χ0n) is 14.2. The Bertz CT molecular complexity index is 839. The van der Waals surface area contributed by atoms with Crippen LogP contribution in [0.2, 0.25) is 0 Å². The van der Waals surface area contributed by atoms with Gasteiger partial charge in [-0.1, -0.05) is 29.8 Å². The van der Waals surface area contributed by atoms with Crippen molar-refractivity contribution in [3.8, 4) is 22.8 Å². The number of urea groups is 1. The number of amides is 2. The minimum absolute atomic E-state index is 0.212. The van der Waals surface area contributed by atoms with E-state index < -0.39 is 0 Å². The molecule has 0 aliphatic heterocycles. The summed E-state index contributed by atoms with van der Waals surface area (Å²) in [6, 6.07) is 15.0. The molecule has 0 saturated carbocycles. The molecule has 0 unspecified atom stereocenters. The summed E-state index contributed by atoms with van der Waals surface area (Å²) in [6.45, 7) is 4.68. The average molecular weight is 336 g/mol. The molecule has 1 heterocycles. The molecule has 0 saturated heterocycles. The largest absolute Gasteiger partial charge is 0.338 e. The van der Waals surface area contributed by atoms with Gasteiger partial charge in [-0.15, -0.1) is 0 Å². The first-order valence-electron chi connectivity index (χ1n) is 8.22. The van der Waals surface area contributed by atoms with Gasteiger partial charge in [-0.05, 0) is 49.7 Å². The molecule has 0 aliphatic carbocycles. The second kappa shape index (κ2) is 7.61. The van der Waals surface area contributed by atoms with Gasteiger partial charge in [0, 0.05) is 23.4 Å². The summed E-state index contributed by atoms with van der Waals surface area (Å²) in [6.07, 6.45) is 0.896. The first-order chi connectivity index (χ1) is 12.2. The number of hydrogen-bond acceptors (Lipinski definition) is 4. The van der Waals surface area contributed by atoms with E-state index in [1.54, 1.807) is 0 Å². The lowest BCUT2D eigenvalue weighted by molar-refractivity contribution is 0.252. The first kappa shape index (κ1) is 16.7. The van der Waals surface area contributed by atoms with E-state index in [0.717, 1.165) is 17.5 Å². The number of nitrogens with zero attached hydrogens (tertiary/aromatic N) is 2. The second-order valence-electron chi connectivity index (χ2n) is 5.75. The highest BCUT2D eigenvalue weighted by Gasteiger charge is 2.10. The fraction of sp³-hybridized carbons (Fsp3) is 0.211. The van der Waals surface area contributed by atoms with Crippen LogP contribution < -0.4 is 10.6 Å². The van der Waals surface area contributed by atoms with E-state index in [1.165, 1.54) is 5.56 Å². The Morgan fingerprint density at radius 3 is 2.40 bits per heavy atom. The van der Waals surface area contributed by atoms with Crippen LogP contribution in [0.4, 0.5) is 10.5 Å². The van der Waals surface area contributed by atoms with Gasteiger partial charge in [-0.25, -0.2) is 4.79 Å². The number of nitrogens with one attached hydrogen (secondary N) is 2. The quantitative estimate of drug-likeness (QED) is 0.730. The normalized spacial score (nSPS) is 10.5. The molecule has 128 valence electrons. The maximum atomic E-state index is 11.6. The molecule has 2 aromatic carbocycles. The Morgan fingerprint density at radius 1 is 1.04 bits per heavy atom. The summed E-state index contributed by atoms with van der Waals surface area (Å²) in [5.41, 5.74) is 3.59. The number of aryl methyl sites for hydroxylation is 1. The lowest BCUT2D eigenvalue weighted by atomic mass is 10.1. The third kappa shape index (κ3) is 4.23. The van der Waals surface area contributed by atoms with Crippen LogP contribution in [0.5, 0.6) is 0 Å². The van der Waals surface area contributed by atoms with E-state index >= 15 is 0 Å². The van der Waals surface area contributed by atoms with Gasteiger partial charge in [0.2, 0.25) is 5.82 Å². The van der Waals surface area contributed by atoms with Crippen molar-refractivity contribution in [3.63, 3.8) is 0 Å². The van der Waals surface area contributed by atoms with Crippen LogP contribution in [0.1, 0.15) is 18.9 Å². The van der Waals surface area contributed by atoms with Crippen molar-refractivity contribution >= 4 is 11.7 Å². The summed E-state index contributed by atoms with van der Waals surface area (Å²) < 4.78 is 5.34. The van der Waals surface area contributed by atoms with Gasteiger partial charge in [0.25, 0.3) is 5.89 Å². The Labute approximate surface area is 146 Å². The lowest BCUT2D eigenvalue weighted by Crippen LogP contribution is -2.29. The lowest BCUT2D eigenvalue weighted by Gasteiger charge is -2.06. The molecule has 0 fully saturated rings. The molecule has 25 heavy (non-hydrogen) atoms. The van der Waals surface area contributed by atoms with Crippen molar-refractivity contribution in [2.24, 2.45) is 0 Å². The summed E-state index contributed by atoms with van der Waals surface area (Å²) in [4.78, 5) is 16.1. The van der Waals surface area contributed by atoms with Gasteiger partial charge < -0.3 is 15.2 Å². The number of hydrogen-bond donors (Lipinski definition) is 2. The van der Waals surface area contributed by atoms with Gasteiger partial charge in [-0.3, -0.25) is 0 Å². The molecule has 0 aliphatic rings. The number of aromatic nitrogens is 2. The SMILES string of the molecule is CCCNC(=O)Nc1ccc(-c2noc(-c3ccc(C)cc3)n2)cc1. The molecule has 0 radical (unpaired) electrons. The fourth-order valence-corrected chi connectivity index (χ4v) is 2.27. The van der Waals surface area contributed by atoms with E-state index in [9.17, 15) is 4.79 Å². The number of anilines is 1. The van der Waals surface area contributed by atoms with Crippen LogP contribution in [-0.2, 0) is 0 Å². The van der Waals surface area contributed by atoms with Crippen LogP contribution in [0, 0.1) is 6.92 Å². The van der Waals surface area contributed by atoms with Crippen molar-refractivity contribution in [2.75, 3.05) is 11.9 Å². The van der Waals surface area contributed by atoms with Gasteiger partial charge in [0.15, 0.2) is 0 Å². The van der Waals surface area contributed by atoms with Gasteiger partial charge in [-0.2, -0.15) is 4.98 Å². The maximum Gasteiger partial charge on any atom is 0.319 e. The second-order valence-corrected chi connectivity index (χ2v) is 5.75. The zero-order chi connectivity index (χ0) is 17.6. The minimum Gasteiger partial charge on any atom is -0.338 e. The molecular formula is C19H20N4O2. The summed E-state index contributed by atoms with van der Waals surface area (Å²) >= 11 is 0. The highest BCUT2D eigenvalue weighted by molar-refractivity contribution is 5.89. The molecular weight excluding hydrogens is 316 g/mol. The molecule has 3 rings (SSSR count). The van der Waals surface area contributed by atoms with E-state index in [4.69, 9.17) is 4.52 Å². The summed E-state index contributed by atoms with van der Waals surface area (Å²) in [7, 11) is 0. The monoisotopic (exact) mass is 336 g/mol. The fourth-order valence-electron chi connectivity index (χ4n) is 2.27. The Hall–Kier alpha value is -3.15. The van der Waals surface area contributed by atoms with Crippen molar-refractivity contribution in [1.82, 2.24) is 15.5 Å². The minimum atomic E-state index is -0.212.